The molecule has 0 bridgehead atoms. The molecule has 25 heavy (non-hydrogen) atoms. The number of likely N-dealkylation sites (N-methyl/N-ethyl adjacent to an activating group) is 1. The summed E-state index contributed by atoms with van der Waals surface area (Å²) in [6.07, 6.45) is 10.1. The standard InChI is InChI=1S/C20H28N4O/c1-24(2)19(15-7-4-3-5-8-15)14-22-20(25)23-18-10-6-9-16-13-21-12-11-17(16)18/h6,9-13,15,19H,3-5,7-8,14H2,1-2H3,(H2,22,23,25)/t19-/m0/s1. The summed E-state index contributed by atoms with van der Waals surface area (Å²) in [4.78, 5) is 18.8. The zero-order valence-corrected chi connectivity index (χ0v) is 15.2. The highest BCUT2D eigenvalue weighted by Crippen LogP contribution is 2.28. The van der Waals surface area contributed by atoms with E-state index in [4.69, 9.17) is 0 Å². The van der Waals surface area contributed by atoms with Gasteiger partial charge in [-0.15, -0.1) is 0 Å². The molecular weight excluding hydrogens is 312 g/mol. The quantitative estimate of drug-likeness (QED) is 0.869. The van der Waals surface area contributed by atoms with Crippen LogP contribution in [0, 0.1) is 5.92 Å². The smallest absolute Gasteiger partial charge is 0.319 e. The fraction of sp³-hybridized carbons (Fsp3) is 0.500. The number of carbonyl (C=O) groups excluding carboxylic acids is 1. The van der Waals surface area contributed by atoms with Crippen LogP contribution in [0.25, 0.3) is 10.8 Å². The van der Waals surface area contributed by atoms with Crippen LogP contribution in [-0.2, 0) is 0 Å². The van der Waals surface area contributed by atoms with Gasteiger partial charge in [0.1, 0.15) is 0 Å². The Balaban J connectivity index is 1.61. The third-order valence-corrected chi connectivity index (χ3v) is 5.26. The van der Waals surface area contributed by atoms with E-state index in [9.17, 15) is 4.79 Å². The molecule has 2 amide bonds. The number of benzene rings is 1. The first-order chi connectivity index (χ1) is 12.1. The topological polar surface area (TPSA) is 57.3 Å². The molecule has 1 atom stereocenters. The van der Waals surface area contributed by atoms with Crippen molar-refractivity contribution < 1.29 is 4.79 Å². The zero-order chi connectivity index (χ0) is 17.6. The van der Waals surface area contributed by atoms with Gasteiger partial charge < -0.3 is 15.5 Å². The van der Waals surface area contributed by atoms with Crippen molar-refractivity contribution in [2.75, 3.05) is 26.0 Å². The summed E-state index contributed by atoms with van der Waals surface area (Å²) < 4.78 is 0. The van der Waals surface area contributed by atoms with Gasteiger partial charge in [0.15, 0.2) is 0 Å². The van der Waals surface area contributed by atoms with E-state index < -0.39 is 0 Å². The maximum absolute atomic E-state index is 12.4. The maximum Gasteiger partial charge on any atom is 0.319 e. The Hall–Kier alpha value is -2.14. The van der Waals surface area contributed by atoms with Gasteiger partial charge in [0.25, 0.3) is 0 Å². The van der Waals surface area contributed by atoms with Crippen LogP contribution in [0.15, 0.2) is 36.7 Å². The summed E-state index contributed by atoms with van der Waals surface area (Å²) in [5, 5.41) is 8.08. The normalized spacial score (nSPS) is 16.8. The fourth-order valence-corrected chi connectivity index (χ4v) is 3.89. The van der Waals surface area contributed by atoms with Crippen molar-refractivity contribution in [2.24, 2.45) is 5.92 Å². The maximum atomic E-state index is 12.4. The van der Waals surface area contributed by atoms with Crippen LogP contribution in [0.3, 0.4) is 0 Å². The Morgan fingerprint density at radius 2 is 2.04 bits per heavy atom. The Morgan fingerprint density at radius 3 is 2.80 bits per heavy atom. The van der Waals surface area contributed by atoms with E-state index in [-0.39, 0.29) is 6.03 Å². The summed E-state index contributed by atoms with van der Waals surface area (Å²) in [5.74, 6) is 0.674. The second-order valence-corrected chi connectivity index (χ2v) is 7.17. The third-order valence-electron chi connectivity index (χ3n) is 5.26. The molecule has 1 aromatic carbocycles. The van der Waals surface area contributed by atoms with Crippen molar-refractivity contribution in [3.8, 4) is 0 Å². The highest BCUT2D eigenvalue weighted by Gasteiger charge is 2.25. The number of carbonyl (C=O) groups is 1. The monoisotopic (exact) mass is 340 g/mol. The van der Waals surface area contributed by atoms with Crippen molar-refractivity contribution in [1.29, 1.82) is 0 Å². The SMILES string of the molecule is CN(C)[C@@H](CNC(=O)Nc1cccc2cnccc12)C1CCCCC1. The number of rotatable bonds is 5. The Labute approximate surface area is 149 Å². The van der Waals surface area contributed by atoms with Crippen molar-refractivity contribution >= 4 is 22.5 Å². The predicted molar refractivity (Wildman–Crippen MR) is 103 cm³/mol. The molecule has 1 fully saturated rings. The molecule has 1 aliphatic carbocycles. The van der Waals surface area contributed by atoms with Crippen LogP contribution in [0.1, 0.15) is 32.1 Å². The molecule has 0 spiro atoms. The highest BCUT2D eigenvalue weighted by atomic mass is 16.2. The highest BCUT2D eigenvalue weighted by molar-refractivity contribution is 6.01. The lowest BCUT2D eigenvalue weighted by Crippen LogP contribution is -2.46. The summed E-state index contributed by atoms with van der Waals surface area (Å²) in [6.45, 7) is 0.676. The van der Waals surface area contributed by atoms with Crippen molar-refractivity contribution in [3.05, 3.63) is 36.7 Å². The fourth-order valence-electron chi connectivity index (χ4n) is 3.89. The van der Waals surface area contributed by atoms with Crippen LogP contribution in [0.5, 0.6) is 0 Å². The van der Waals surface area contributed by atoms with E-state index in [1.807, 2.05) is 30.5 Å². The number of hydrogen-bond acceptors (Lipinski definition) is 3. The Bertz CT molecular complexity index is 704. The van der Waals surface area contributed by atoms with Gasteiger partial charge in [0, 0.05) is 35.8 Å². The zero-order valence-electron chi connectivity index (χ0n) is 15.2. The summed E-state index contributed by atoms with van der Waals surface area (Å²) in [5.41, 5.74) is 0.816. The van der Waals surface area contributed by atoms with Crippen LogP contribution < -0.4 is 10.6 Å². The summed E-state index contributed by atoms with van der Waals surface area (Å²) >= 11 is 0. The first-order valence-corrected chi connectivity index (χ1v) is 9.19. The average Bonchev–Trinajstić information content (AvgIpc) is 2.63. The molecule has 0 saturated heterocycles. The molecule has 0 radical (unpaired) electrons. The molecule has 3 rings (SSSR count). The first kappa shape index (κ1) is 17.7. The van der Waals surface area contributed by atoms with Crippen LogP contribution >= 0.6 is 0 Å². The minimum Gasteiger partial charge on any atom is -0.336 e. The van der Waals surface area contributed by atoms with Gasteiger partial charge in [0.05, 0.1) is 5.69 Å². The van der Waals surface area contributed by atoms with E-state index in [0.29, 0.717) is 18.5 Å². The number of urea groups is 1. The average molecular weight is 340 g/mol. The van der Waals surface area contributed by atoms with E-state index in [0.717, 1.165) is 16.5 Å². The minimum atomic E-state index is -0.146. The van der Waals surface area contributed by atoms with Gasteiger partial charge >= 0.3 is 6.03 Å². The molecule has 5 heteroatoms. The summed E-state index contributed by atoms with van der Waals surface area (Å²) in [7, 11) is 4.22. The van der Waals surface area contributed by atoms with E-state index >= 15 is 0 Å². The lowest BCUT2D eigenvalue weighted by molar-refractivity contribution is 0.167. The van der Waals surface area contributed by atoms with Gasteiger partial charge in [-0.25, -0.2) is 4.79 Å². The number of pyridine rings is 1. The number of nitrogens with zero attached hydrogens (tertiary/aromatic N) is 2. The van der Waals surface area contributed by atoms with Crippen molar-refractivity contribution in [1.82, 2.24) is 15.2 Å². The van der Waals surface area contributed by atoms with Gasteiger partial charge in [-0.05, 0) is 45.0 Å². The number of fused-ring (bicyclic) bond motifs is 1. The molecule has 0 unspecified atom stereocenters. The lowest BCUT2D eigenvalue weighted by atomic mass is 9.83. The second-order valence-electron chi connectivity index (χ2n) is 7.17. The van der Waals surface area contributed by atoms with E-state index in [1.54, 1.807) is 6.20 Å². The van der Waals surface area contributed by atoms with Crippen LogP contribution in [0.4, 0.5) is 10.5 Å². The van der Waals surface area contributed by atoms with E-state index in [1.165, 1.54) is 32.1 Å². The number of amides is 2. The molecule has 134 valence electrons. The first-order valence-electron chi connectivity index (χ1n) is 9.19. The van der Waals surface area contributed by atoms with Crippen molar-refractivity contribution in [3.63, 3.8) is 0 Å². The second kappa shape index (κ2) is 8.30. The third kappa shape index (κ3) is 4.48. The van der Waals surface area contributed by atoms with E-state index in [2.05, 4.69) is 34.6 Å². The van der Waals surface area contributed by atoms with Crippen LogP contribution in [0.2, 0.25) is 0 Å². The summed E-state index contributed by atoms with van der Waals surface area (Å²) in [6, 6.07) is 8.03. The molecular formula is C20H28N4O. The van der Waals surface area contributed by atoms with Gasteiger partial charge in [0.2, 0.25) is 0 Å². The molecule has 1 aliphatic rings. The molecule has 1 saturated carbocycles. The largest absolute Gasteiger partial charge is 0.336 e. The molecule has 5 nitrogen and oxygen atoms in total. The van der Waals surface area contributed by atoms with Crippen LogP contribution in [-0.4, -0.2) is 42.6 Å². The number of hydrogen-bond donors (Lipinski definition) is 2. The number of aromatic nitrogens is 1. The number of anilines is 1. The molecule has 2 N–H and O–H groups in total. The van der Waals surface area contributed by atoms with Gasteiger partial charge in [-0.3, -0.25) is 4.98 Å². The Morgan fingerprint density at radius 1 is 1.24 bits per heavy atom. The molecule has 1 aromatic heterocycles. The Kier molecular flexibility index (Phi) is 5.87. The molecule has 2 aromatic rings. The van der Waals surface area contributed by atoms with Crippen molar-refractivity contribution in [2.45, 2.75) is 38.1 Å². The predicted octanol–water partition coefficient (Wildman–Crippen LogP) is 3.87. The molecule has 1 heterocycles. The van der Waals surface area contributed by atoms with Gasteiger partial charge in [-0.2, -0.15) is 0 Å². The minimum absolute atomic E-state index is 0.146. The van der Waals surface area contributed by atoms with Gasteiger partial charge in [-0.1, -0.05) is 31.4 Å². The molecule has 0 aliphatic heterocycles. The lowest BCUT2D eigenvalue weighted by Gasteiger charge is -2.35. The number of nitrogens with one attached hydrogen (secondary N) is 2.